The number of rotatable bonds is 5. The highest BCUT2D eigenvalue weighted by molar-refractivity contribution is 5.93. The van der Waals surface area contributed by atoms with E-state index in [-0.39, 0.29) is 18.4 Å². The summed E-state index contributed by atoms with van der Waals surface area (Å²) in [5.74, 6) is -0.109. The second kappa shape index (κ2) is 6.76. The molecule has 0 aromatic heterocycles. The normalized spacial score (nSPS) is 9.94. The summed E-state index contributed by atoms with van der Waals surface area (Å²) in [4.78, 5) is 24.3. The molecule has 0 saturated carbocycles. The number of hydrogen-bond acceptors (Lipinski definition) is 3. The number of amides is 2. The lowest BCUT2D eigenvalue weighted by Gasteiger charge is -2.17. The molecule has 2 amide bonds. The Balaban J connectivity index is 2.79. The molecule has 0 heterocycles. The van der Waals surface area contributed by atoms with Crippen LogP contribution >= 0.6 is 0 Å². The topological polar surface area (TPSA) is 61.4 Å². The van der Waals surface area contributed by atoms with Crippen molar-refractivity contribution in [2.24, 2.45) is 0 Å². The Morgan fingerprint density at radius 2 is 1.94 bits per heavy atom. The number of anilines is 1. The SMILES string of the molecule is CNCC(=O)Nc1ccccc1CN(C)C(C)=O. The van der Waals surface area contributed by atoms with Gasteiger partial charge in [-0.2, -0.15) is 0 Å². The summed E-state index contributed by atoms with van der Waals surface area (Å²) in [6.07, 6.45) is 0. The van der Waals surface area contributed by atoms with E-state index >= 15 is 0 Å². The molecule has 1 rings (SSSR count). The first-order chi connectivity index (χ1) is 8.54. The summed E-state index contributed by atoms with van der Waals surface area (Å²) in [6, 6.07) is 7.47. The van der Waals surface area contributed by atoms with E-state index in [0.717, 1.165) is 11.3 Å². The number of benzene rings is 1. The molecule has 0 atom stereocenters. The standard InChI is InChI=1S/C13H19N3O2/c1-10(17)16(3)9-11-6-4-5-7-12(11)15-13(18)8-14-2/h4-7,14H,8-9H2,1-3H3,(H,15,18). The molecule has 1 aromatic rings. The van der Waals surface area contributed by atoms with Crippen LogP contribution in [0.5, 0.6) is 0 Å². The van der Waals surface area contributed by atoms with Gasteiger partial charge in [0.2, 0.25) is 11.8 Å². The molecular formula is C13H19N3O2. The molecule has 0 aliphatic carbocycles. The second-order valence-corrected chi connectivity index (χ2v) is 4.11. The molecule has 2 N–H and O–H groups in total. The van der Waals surface area contributed by atoms with E-state index < -0.39 is 0 Å². The Kier molecular flexibility index (Phi) is 5.32. The monoisotopic (exact) mass is 249 g/mol. The number of carbonyl (C=O) groups is 2. The predicted molar refractivity (Wildman–Crippen MR) is 71.1 cm³/mol. The third kappa shape index (κ3) is 4.18. The summed E-state index contributed by atoms with van der Waals surface area (Å²) in [6.45, 7) is 2.25. The van der Waals surface area contributed by atoms with Gasteiger partial charge in [0.25, 0.3) is 0 Å². The number of hydrogen-bond donors (Lipinski definition) is 2. The van der Waals surface area contributed by atoms with Crippen LogP contribution in [-0.2, 0) is 16.1 Å². The van der Waals surface area contributed by atoms with Gasteiger partial charge in [0, 0.05) is 26.2 Å². The first-order valence-corrected chi connectivity index (χ1v) is 5.78. The van der Waals surface area contributed by atoms with E-state index in [1.165, 1.54) is 6.92 Å². The van der Waals surface area contributed by atoms with Crippen LogP contribution in [-0.4, -0.2) is 37.4 Å². The zero-order valence-corrected chi connectivity index (χ0v) is 11.0. The van der Waals surface area contributed by atoms with Crippen molar-refractivity contribution >= 4 is 17.5 Å². The number of nitrogens with zero attached hydrogens (tertiary/aromatic N) is 1. The van der Waals surface area contributed by atoms with Crippen LogP contribution in [0.3, 0.4) is 0 Å². The van der Waals surface area contributed by atoms with Crippen LogP contribution in [0.4, 0.5) is 5.69 Å². The molecule has 0 spiro atoms. The van der Waals surface area contributed by atoms with E-state index in [9.17, 15) is 9.59 Å². The Morgan fingerprint density at radius 3 is 2.56 bits per heavy atom. The van der Waals surface area contributed by atoms with Gasteiger partial charge in [0.05, 0.1) is 6.54 Å². The maximum Gasteiger partial charge on any atom is 0.238 e. The number of likely N-dealkylation sites (N-methyl/N-ethyl adjacent to an activating group) is 1. The van der Waals surface area contributed by atoms with Crippen LogP contribution < -0.4 is 10.6 Å². The van der Waals surface area contributed by atoms with Gasteiger partial charge < -0.3 is 15.5 Å². The summed E-state index contributed by atoms with van der Waals surface area (Å²) in [7, 11) is 3.45. The number of nitrogens with one attached hydrogen (secondary N) is 2. The lowest BCUT2D eigenvalue weighted by atomic mass is 10.1. The van der Waals surface area contributed by atoms with Crippen molar-refractivity contribution < 1.29 is 9.59 Å². The van der Waals surface area contributed by atoms with Crippen molar-refractivity contribution in [3.8, 4) is 0 Å². The fraction of sp³-hybridized carbons (Fsp3) is 0.385. The predicted octanol–water partition coefficient (Wildman–Crippen LogP) is 0.823. The van der Waals surface area contributed by atoms with E-state index in [0.29, 0.717) is 6.54 Å². The van der Waals surface area contributed by atoms with Crippen molar-refractivity contribution in [2.45, 2.75) is 13.5 Å². The maximum atomic E-state index is 11.5. The van der Waals surface area contributed by atoms with E-state index in [4.69, 9.17) is 0 Å². The highest BCUT2D eigenvalue weighted by atomic mass is 16.2. The molecule has 0 radical (unpaired) electrons. The Morgan fingerprint density at radius 1 is 1.28 bits per heavy atom. The highest BCUT2D eigenvalue weighted by Gasteiger charge is 2.09. The van der Waals surface area contributed by atoms with Gasteiger partial charge in [-0.05, 0) is 18.7 Å². The molecule has 0 aliphatic rings. The minimum absolute atomic E-state index is 0.00801. The maximum absolute atomic E-state index is 11.5. The summed E-state index contributed by atoms with van der Waals surface area (Å²) < 4.78 is 0. The van der Waals surface area contributed by atoms with Crippen LogP contribution in [0.25, 0.3) is 0 Å². The molecule has 0 fully saturated rings. The lowest BCUT2D eigenvalue weighted by Crippen LogP contribution is -2.27. The van der Waals surface area contributed by atoms with Crippen LogP contribution in [0.1, 0.15) is 12.5 Å². The molecule has 0 bridgehead atoms. The van der Waals surface area contributed by atoms with E-state index in [1.54, 1.807) is 19.0 Å². The van der Waals surface area contributed by atoms with E-state index in [2.05, 4.69) is 10.6 Å². The van der Waals surface area contributed by atoms with Gasteiger partial charge in [-0.15, -0.1) is 0 Å². The van der Waals surface area contributed by atoms with Crippen molar-refractivity contribution in [2.75, 3.05) is 26.0 Å². The van der Waals surface area contributed by atoms with Gasteiger partial charge in [-0.25, -0.2) is 0 Å². The van der Waals surface area contributed by atoms with E-state index in [1.807, 2.05) is 24.3 Å². The molecule has 98 valence electrons. The smallest absolute Gasteiger partial charge is 0.238 e. The van der Waals surface area contributed by atoms with Crippen LogP contribution in [0.2, 0.25) is 0 Å². The van der Waals surface area contributed by atoms with Crippen molar-refractivity contribution in [1.82, 2.24) is 10.2 Å². The molecular weight excluding hydrogens is 230 g/mol. The summed E-state index contributed by atoms with van der Waals surface area (Å²) in [5, 5.41) is 5.61. The van der Waals surface area contributed by atoms with Gasteiger partial charge in [-0.1, -0.05) is 18.2 Å². The van der Waals surface area contributed by atoms with Gasteiger partial charge in [0.1, 0.15) is 0 Å². The van der Waals surface area contributed by atoms with Gasteiger partial charge >= 0.3 is 0 Å². The second-order valence-electron chi connectivity index (χ2n) is 4.11. The van der Waals surface area contributed by atoms with Gasteiger partial charge in [-0.3, -0.25) is 9.59 Å². The molecule has 18 heavy (non-hydrogen) atoms. The third-order valence-electron chi connectivity index (χ3n) is 2.57. The first-order valence-electron chi connectivity index (χ1n) is 5.78. The average molecular weight is 249 g/mol. The zero-order chi connectivity index (χ0) is 13.5. The van der Waals surface area contributed by atoms with Crippen LogP contribution in [0, 0.1) is 0 Å². The molecule has 0 unspecified atom stereocenters. The highest BCUT2D eigenvalue weighted by Crippen LogP contribution is 2.16. The summed E-state index contributed by atoms with van der Waals surface area (Å²) in [5.41, 5.74) is 1.66. The number of carbonyl (C=O) groups excluding carboxylic acids is 2. The lowest BCUT2D eigenvalue weighted by molar-refractivity contribution is -0.128. The minimum atomic E-state index is -0.101. The number of para-hydroxylation sites is 1. The van der Waals surface area contributed by atoms with Gasteiger partial charge in [0.15, 0.2) is 0 Å². The molecule has 5 heteroatoms. The fourth-order valence-corrected chi connectivity index (χ4v) is 1.50. The average Bonchev–Trinajstić information content (AvgIpc) is 2.31. The quantitative estimate of drug-likeness (QED) is 0.812. The third-order valence-corrected chi connectivity index (χ3v) is 2.57. The Labute approximate surface area is 107 Å². The molecule has 0 saturated heterocycles. The molecule has 0 aliphatic heterocycles. The fourth-order valence-electron chi connectivity index (χ4n) is 1.50. The molecule has 1 aromatic carbocycles. The Hall–Kier alpha value is -1.88. The summed E-state index contributed by atoms with van der Waals surface area (Å²) >= 11 is 0. The minimum Gasteiger partial charge on any atom is -0.342 e. The largest absolute Gasteiger partial charge is 0.342 e. The van der Waals surface area contributed by atoms with Crippen molar-refractivity contribution in [3.63, 3.8) is 0 Å². The zero-order valence-electron chi connectivity index (χ0n) is 11.0. The first kappa shape index (κ1) is 14.2. The Bertz CT molecular complexity index is 432. The molecule has 5 nitrogen and oxygen atoms in total. The van der Waals surface area contributed by atoms with Crippen molar-refractivity contribution in [1.29, 1.82) is 0 Å². The van der Waals surface area contributed by atoms with Crippen LogP contribution in [0.15, 0.2) is 24.3 Å². The van der Waals surface area contributed by atoms with Crippen molar-refractivity contribution in [3.05, 3.63) is 29.8 Å².